The molecule has 3 aliphatic rings. The Morgan fingerprint density at radius 2 is 1.83 bits per heavy atom. The van der Waals surface area contributed by atoms with Crippen molar-refractivity contribution in [1.29, 1.82) is 0 Å². The summed E-state index contributed by atoms with van der Waals surface area (Å²) in [4.78, 5) is 17.9. The van der Waals surface area contributed by atoms with Crippen LogP contribution in [0.1, 0.15) is 42.9 Å². The van der Waals surface area contributed by atoms with Gasteiger partial charge in [0.15, 0.2) is 0 Å². The van der Waals surface area contributed by atoms with Crippen LogP contribution in [0.4, 0.5) is 11.4 Å². The highest BCUT2D eigenvalue weighted by molar-refractivity contribution is 7.92. The summed E-state index contributed by atoms with van der Waals surface area (Å²) in [6, 6.07) is 15.7. The topological polar surface area (TPSA) is 69.7 Å². The number of hydrogen-bond acceptors (Lipinski definition) is 4. The van der Waals surface area contributed by atoms with E-state index in [4.69, 9.17) is 0 Å². The molecule has 1 amide bonds. The monoisotopic (exact) mass is 425 g/mol. The molecule has 0 unspecified atom stereocenters. The third-order valence-corrected chi connectivity index (χ3v) is 7.49. The van der Waals surface area contributed by atoms with E-state index in [0.717, 1.165) is 49.3 Å². The van der Waals surface area contributed by atoms with Gasteiger partial charge in [0.1, 0.15) is 0 Å². The molecule has 2 aromatic rings. The number of fused-ring (bicyclic) bond motifs is 1. The average molecular weight is 426 g/mol. The maximum atomic E-state index is 13.5. The molecular weight excluding hydrogens is 398 g/mol. The van der Waals surface area contributed by atoms with Crippen molar-refractivity contribution in [3.05, 3.63) is 59.7 Å². The molecule has 1 atom stereocenters. The molecule has 1 saturated carbocycles. The highest BCUT2D eigenvalue weighted by Gasteiger charge is 2.39. The van der Waals surface area contributed by atoms with Gasteiger partial charge in [0.05, 0.1) is 17.5 Å². The van der Waals surface area contributed by atoms with Gasteiger partial charge in [-0.1, -0.05) is 30.3 Å². The van der Waals surface area contributed by atoms with E-state index < -0.39 is 10.0 Å². The van der Waals surface area contributed by atoms with Crippen LogP contribution in [-0.4, -0.2) is 38.9 Å². The molecular formula is C23H27N3O3S. The molecule has 158 valence electrons. The van der Waals surface area contributed by atoms with E-state index in [1.165, 1.54) is 12.8 Å². The van der Waals surface area contributed by atoms with Crippen LogP contribution in [0, 0.1) is 5.92 Å². The number of sulfonamides is 1. The minimum Gasteiger partial charge on any atom is -0.303 e. The second-order valence-electron chi connectivity index (χ2n) is 8.62. The van der Waals surface area contributed by atoms with E-state index in [1.807, 2.05) is 35.2 Å². The number of carbonyl (C=O) groups is 1. The predicted molar refractivity (Wildman–Crippen MR) is 118 cm³/mol. The van der Waals surface area contributed by atoms with Gasteiger partial charge >= 0.3 is 0 Å². The summed E-state index contributed by atoms with van der Waals surface area (Å²) >= 11 is 0. The van der Waals surface area contributed by atoms with Crippen molar-refractivity contribution in [1.82, 2.24) is 4.90 Å². The van der Waals surface area contributed by atoms with E-state index >= 15 is 0 Å². The normalized spacial score (nSPS) is 21.1. The summed E-state index contributed by atoms with van der Waals surface area (Å²) in [6.07, 6.45) is 4.25. The summed E-state index contributed by atoms with van der Waals surface area (Å²) in [6.45, 7) is 2.90. The van der Waals surface area contributed by atoms with E-state index in [0.29, 0.717) is 5.69 Å². The summed E-state index contributed by atoms with van der Waals surface area (Å²) in [5.41, 5.74) is 3.25. The van der Waals surface area contributed by atoms with Crippen molar-refractivity contribution in [2.24, 2.45) is 5.92 Å². The number of anilines is 2. The van der Waals surface area contributed by atoms with Gasteiger partial charge in [0.25, 0.3) is 0 Å². The molecule has 5 rings (SSSR count). The van der Waals surface area contributed by atoms with Gasteiger partial charge in [0, 0.05) is 18.2 Å². The van der Waals surface area contributed by atoms with Crippen LogP contribution in [0.5, 0.6) is 0 Å². The third-order valence-electron chi connectivity index (χ3n) is 6.27. The molecule has 1 saturated heterocycles. The van der Waals surface area contributed by atoms with E-state index in [1.54, 1.807) is 6.07 Å². The Bertz CT molecular complexity index is 1040. The molecule has 30 heavy (non-hydrogen) atoms. The van der Waals surface area contributed by atoms with Crippen LogP contribution in [0.15, 0.2) is 48.5 Å². The van der Waals surface area contributed by atoms with Crippen molar-refractivity contribution >= 4 is 27.3 Å². The van der Waals surface area contributed by atoms with Gasteiger partial charge < -0.3 is 9.80 Å². The van der Waals surface area contributed by atoms with Gasteiger partial charge in [-0.2, -0.15) is 0 Å². The second kappa shape index (κ2) is 7.71. The summed E-state index contributed by atoms with van der Waals surface area (Å²) in [5, 5.41) is 0. The second-order valence-corrected chi connectivity index (χ2v) is 10.3. The fourth-order valence-electron chi connectivity index (χ4n) is 4.57. The lowest BCUT2D eigenvalue weighted by Crippen LogP contribution is -2.42. The van der Waals surface area contributed by atoms with Crippen LogP contribution < -0.4 is 9.62 Å². The highest BCUT2D eigenvalue weighted by Crippen LogP contribution is 2.39. The molecule has 1 aliphatic carbocycles. The molecule has 0 spiro atoms. The molecule has 0 radical (unpaired) electrons. The van der Waals surface area contributed by atoms with Crippen molar-refractivity contribution in [2.45, 2.75) is 37.5 Å². The van der Waals surface area contributed by atoms with Crippen molar-refractivity contribution in [2.75, 3.05) is 29.3 Å². The number of carbonyl (C=O) groups excluding carboxylic acids is 1. The first-order valence-corrected chi connectivity index (χ1v) is 12.4. The van der Waals surface area contributed by atoms with Gasteiger partial charge in [0.2, 0.25) is 15.9 Å². The third kappa shape index (κ3) is 3.96. The standard InChI is InChI=1S/C23H27N3O3S/c27-23(18-8-9-18)26(20-10-11-21-19(14-20)16-30(28,29)24-21)22(15-25-12-4-5-13-25)17-6-2-1-3-7-17/h1-3,6-7,10-11,14,18,22,24H,4-5,8-9,12-13,15-16H2/t22-/m1/s1. The highest BCUT2D eigenvalue weighted by atomic mass is 32.2. The van der Waals surface area contributed by atoms with Crippen LogP contribution in [0.2, 0.25) is 0 Å². The minimum absolute atomic E-state index is 0.0379. The largest absolute Gasteiger partial charge is 0.303 e. The van der Waals surface area contributed by atoms with Crippen LogP contribution in [0.25, 0.3) is 0 Å². The lowest BCUT2D eigenvalue weighted by Gasteiger charge is -2.35. The van der Waals surface area contributed by atoms with Gasteiger partial charge in [-0.05, 0) is 68.1 Å². The Morgan fingerprint density at radius 3 is 2.53 bits per heavy atom. The number of amides is 1. The summed E-state index contributed by atoms with van der Waals surface area (Å²) in [5.74, 6) is 0.186. The maximum Gasteiger partial charge on any atom is 0.237 e. The molecule has 2 aromatic carbocycles. The zero-order chi connectivity index (χ0) is 20.7. The predicted octanol–water partition coefficient (Wildman–Crippen LogP) is 3.52. The number of likely N-dealkylation sites (tertiary alicyclic amines) is 1. The Labute approximate surface area is 177 Å². The first-order valence-electron chi connectivity index (χ1n) is 10.7. The van der Waals surface area contributed by atoms with Gasteiger partial charge in [-0.25, -0.2) is 8.42 Å². The van der Waals surface area contributed by atoms with Gasteiger partial charge in [-0.15, -0.1) is 0 Å². The Morgan fingerprint density at radius 1 is 1.10 bits per heavy atom. The molecule has 1 N–H and O–H groups in total. The Kier molecular flexibility index (Phi) is 5.03. The first kappa shape index (κ1) is 19.6. The quantitative estimate of drug-likeness (QED) is 0.769. The smallest absolute Gasteiger partial charge is 0.237 e. The first-order chi connectivity index (χ1) is 14.5. The lowest BCUT2D eigenvalue weighted by molar-refractivity contribution is -0.120. The zero-order valence-corrected chi connectivity index (χ0v) is 17.8. The number of nitrogens with one attached hydrogen (secondary N) is 1. The molecule has 0 bridgehead atoms. The number of rotatable bonds is 6. The lowest BCUT2D eigenvalue weighted by atomic mass is 10.0. The minimum atomic E-state index is -3.32. The molecule has 7 heteroatoms. The molecule has 2 aliphatic heterocycles. The Hall–Kier alpha value is -2.38. The average Bonchev–Trinajstić information content (AvgIpc) is 3.36. The van der Waals surface area contributed by atoms with Crippen molar-refractivity contribution < 1.29 is 13.2 Å². The fourth-order valence-corrected chi connectivity index (χ4v) is 5.82. The van der Waals surface area contributed by atoms with Gasteiger partial charge in [-0.3, -0.25) is 9.52 Å². The molecule has 6 nitrogen and oxygen atoms in total. The van der Waals surface area contributed by atoms with Crippen molar-refractivity contribution in [3.63, 3.8) is 0 Å². The zero-order valence-electron chi connectivity index (χ0n) is 17.0. The van der Waals surface area contributed by atoms with Crippen LogP contribution in [0.3, 0.4) is 0 Å². The summed E-state index contributed by atoms with van der Waals surface area (Å²) in [7, 11) is -3.32. The van der Waals surface area contributed by atoms with Crippen LogP contribution >= 0.6 is 0 Å². The summed E-state index contributed by atoms with van der Waals surface area (Å²) < 4.78 is 26.6. The number of hydrogen-bond donors (Lipinski definition) is 1. The molecule has 2 fully saturated rings. The van der Waals surface area contributed by atoms with Crippen molar-refractivity contribution in [3.8, 4) is 0 Å². The SMILES string of the molecule is O=C(C1CC1)N(c1ccc2c(c1)CS(=O)(=O)N2)[C@H](CN1CCCC1)c1ccccc1. The van der Waals surface area contributed by atoms with E-state index in [9.17, 15) is 13.2 Å². The number of nitrogens with zero attached hydrogens (tertiary/aromatic N) is 2. The maximum absolute atomic E-state index is 13.5. The number of benzene rings is 2. The Balaban J connectivity index is 1.56. The fraction of sp³-hybridized carbons (Fsp3) is 0.435. The van der Waals surface area contributed by atoms with Crippen LogP contribution in [-0.2, 0) is 20.6 Å². The molecule has 0 aromatic heterocycles. The molecule has 2 heterocycles. The van der Waals surface area contributed by atoms with E-state index in [2.05, 4.69) is 21.8 Å². The van der Waals surface area contributed by atoms with E-state index in [-0.39, 0.29) is 23.6 Å².